The molecule has 0 aliphatic carbocycles. The van der Waals surface area contributed by atoms with E-state index in [1.807, 2.05) is 31.2 Å². The number of rotatable bonds is 6. The van der Waals surface area contributed by atoms with E-state index in [-0.39, 0.29) is 18.6 Å². The highest BCUT2D eigenvalue weighted by Crippen LogP contribution is 2.16. The molecule has 0 saturated heterocycles. The Hall–Kier alpha value is -1.56. The van der Waals surface area contributed by atoms with Gasteiger partial charge >= 0.3 is 12.0 Å². The van der Waals surface area contributed by atoms with E-state index in [1.165, 1.54) is 0 Å². The van der Waals surface area contributed by atoms with Crippen molar-refractivity contribution in [1.82, 2.24) is 10.6 Å². The van der Waals surface area contributed by atoms with Gasteiger partial charge in [-0.2, -0.15) is 0 Å². The summed E-state index contributed by atoms with van der Waals surface area (Å²) in [6.07, 6.45) is 0.484. The first-order chi connectivity index (χ1) is 9.43. The summed E-state index contributed by atoms with van der Waals surface area (Å²) in [5.74, 6) is -1.45. The summed E-state index contributed by atoms with van der Waals surface area (Å²) in [5.41, 5.74) is 0.980. The summed E-state index contributed by atoms with van der Waals surface area (Å²) in [5, 5.41) is 14.3. The molecule has 20 heavy (non-hydrogen) atoms. The summed E-state index contributed by atoms with van der Waals surface area (Å²) in [6.45, 7) is 3.78. The number of amides is 2. The standard InChI is InChI=1S/C14H19BrN2O3/c1-3-10(13(18)19)8-16-14(20)17-9(2)11-4-6-12(15)7-5-11/h4-7,9-10H,3,8H2,1-2H3,(H,18,19)(H2,16,17,20). The van der Waals surface area contributed by atoms with E-state index in [2.05, 4.69) is 26.6 Å². The van der Waals surface area contributed by atoms with E-state index < -0.39 is 11.9 Å². The van der Waals surface area contributed by atoms with Crippen molar-refractivity contribution in [3.8, 4) is 0 Å². The van der Waals surface area contributed by atoms with Crippen molar-refractivity contribution in [3.63, 3.8) is 0 Å². The highest BCUT2D eigenvalue weighted by molar-refractivity contribution is 9.10. The van der Waals surface area contributed by atoms with Crippen molar-refractivity contribution < 1.29 is 14.7 Å². The van der Waals surface area contributed by atoms with Crippen molar-refractivity contribution in [2.75, 3.05) is 6.54 Å². The van der Waals surface area contributed by atoms with Crippen molar-refractivity contribution in [2.45, 2.75) is 26.3 Å². The zero-order chi connectivity index (χ0) is 15.1. The van der Waals surface area contributed by atoms with Crippen molar-refractivity contribution >= 4 is 27.9 Å². The lowest BCUT2D eigenvalue weighted by Gasteiger charge is -2.16. The highest BCUT2D eigenvalue weighted by Gasteiger charge is 2.16. The van der Waals surface area contributed by atoms with Crippen LogP contribution in [0.4, 0.5) is 4.79 Å². The fraction of sp³-hybridized carbons (Fsp3) is 0.429. The molecular weight excluding hydrogens is 324 g/mol. The number of carbonyl (C=O) groups is 2. The molecule has 2 amide bonds. The molecule has 0 fully saturated rings. The smallest absolute Gasteiger partial charge is 0.315 e. The van der Waals surface area contributed by atoms with Crippen molar-refractivity contribution in [3.05, 3.63) is 34.3 Å². The monoisotopic (exact) mass is 342 g/mol. The zero-order valence-corrected chi connectivity index (χ0v) is 13.1. The number of urea groups is 1. The molecule has 5 nitrogen and oxygen atoms in total. The van der Waals surface area contributed by atoms with Crippen LogP contribution in [-0.2, 0) is 4.79 Å². The van der Waals surface area contributed by atoms with E-state index in [0.29, 0.717) is 6.42 Å². The van der Waals surface area contributed by atoms with Gasteiger partial charge in [0, 0.05) is 11.0 Å². The van der Waals surface area contributed by atoms with Gasteiger partial charge in [0.2, 0.25) is 0 Å². The molecule has 1 aromatic carbocycles. The van der Waals surface area contributed by atoms with Crippen molar-refractivity contribution in [2.24, 2.45) is 5.92 Å². The summed E-state index contributed by atoms with van der Waals surface area (Å²) in [6, 6.07) is 7.14. The van der Waals surface area contributed by atoms with E-state index >= 15 is 0 Å². The molecular formula is C14H19BrN2O3. The Morgan fingerprint density at radius 2 is 1.90 bits per heavy atom. The Morgan fingerprint density at radius 1 is 1.30 bits per heavy atom. The Bertz CT molecular complexity index is 462. The number of benzene rings is 1. The van der Waals surface area contributed by atoms with E-state index in [4.69, 9.17) is 5.11 Å². The van der Waals surface area contributed by atoms with Crippen molar-refractivity contribution in [1.29, 1.82) is 0 Å². The fourth-order valence-electron chi connectivity index (χ4n) is 1.70. The van der Waals surface area contributed by atoms with Gasteiger partial charge in [0.25, 0.3) is 0 Å². The first kappa shape index (κ1) is 16.5. The number of carbonyl (C=O) groups excluding carboxylic acids is 1. The zero-order valence-electron chi connectivity index (χ0n) is 11.5. The van der Waals surface area contributed by atoms with E-state index in [0.717, 1.165) is 10.0 Å². The SMILES string of the molecule is CCC(CNC(=O)NC(C)c1ccc(Br)cc1)C(=O)O. The third-order valence-corrected chi connectivity index (χ3v) is 3.60. The molecule has 1 rings (SSSR count). The molecule has 0 radical (unpaired) electrons. The lowest BCUT2D eigenvalue weighted by atomic mass is 10.1. The minimum absolute atomic E-state index is 0.130. The third kappa shape index (κ3) is 5.21. The van der Waals surface area contributed by atoms with E-state index in [9.17, 15) is 9.59 Å². The lowest BCUT2D eigenvalue weighted by molar-refractivity contribution is -0.141. The minimum Gasteiger partial charge on any atom is -0.481 e. The van der Waals surface area contributed by atoms with Gasteiger partial charge in [-0.3, -0.25) is 4.79 Å². The summed E-state index contributed by atoms with van der Waals surface area (Å²) >= 11 is 3.35. The van der Waals surface area contributed by atoms with Crippen LogP contribution < -0.4 is 10.6 Å². The number of aliphatic carboxylic acids is 1. The van der Waals surface area contributed by atoms with Crippen LogP contribution >= 0.6 is 15.9 Å². The predicted octanol–water partition coefficient (Wildman–Crippen LogP) is 2.92. The number of carboxylic acids is 1. The molecule has 0 aliphatic rings. The van der Waals surface area contributed by atoms with Crippen LogP contribution in [-0.4, -0.2) is 23.7 Å². The molecule has 0 saturated carbocycles. The second kappa shape index (κ2) is 7.89. The Morgan fingerprint density at radius 3 is 2.40 bits per heavy atom. The van der Waals surface area contributed by atoms with Gasteiger partial charge in [-0.1, -0.05) is 35.0 Å². The Kier molecular flexibility index (Phi) is 6.51. The van der Waals surface area contributed by atoms with Crippen LogP contribution in [0.5, 0.6) is 0 Å². The molecule has 110 valence electrons. The van der Waals surface area contributed by atoms with Gasteiger partial charge in [0.05, 0.1) is 12.0 Å². The normalized spacial score (nSPS) is 13.3. The third-order valence-electron chi connectivity index (χ3n) is 3.07. The minimum atomic E-state index is -0.895. The molecule has 1 aromatic rings. The first-order valence-corrected chi connectivity index (χ1v) is 7.26. The van der Waals surface area contributed by atoms with Gasteiger partial charge in [-0.15, -0.1) is 0 Å². The predicted molar refractivity (Wildman–Crippen MR) is 80.5 cm³/mol. The lowest BCUT2D eigenvalue weighted by Crippen LogP contribution is -2.40. The van der Waals surface area contributed by atoms with Crippen LogP contribution in [0.2, 0.25) is 0 Å². The Labute approximate surface area is 126 Å². The number of carboxylic acid groups (broad SMARTS) is 1. The van der Waals surface area contributed by atoms with Gasteiger partial charge in [0.15, 0.2) is 0 Å². The molecule has 3 N–H and O–H groups in total. The number of halogens is 1. The van der Waals surface area contributed by atoms with E-state index in [1.54, 1.807) is 6.92 Å². The largest absolute Gasteiger partial charge is 0.481 e. The fourth-order valence-corrected chi connectivity index (χ4v) is 1.97. The average Bonchev–Trinajstić information content (AvgIpc) is 2.39. The summed E-state index contributed by atoms with van der Waals surface area (Å²) < 4.78 is 0.977. The summed E-state index contributed by atoms with van der Waals surface area (Å²) in [7, 11) is 0. The molecule has 2 unspecified atom stereocenters. The van der Waals surface area contributed by atoms with Crippen LogP contribution in [0.3, 0.4) is 0 Å². The molecule has 0 bridgehead atoms. The number of hydrogen-bond donors (Lipinski definition) is 3. The van der Waals surface area contributed by atoms with Crippen LogP contribution in [0.25, 0.3) is 0 Å². The number of hydrogen-bond acceptors (Lipinski definition) is 2. The van der Waals surface area contributed by atoms with Crippen LogP contribution in [0, 0.1) is 5.92 Å². The van der Waals surface area contributed by atoms with Gasteiger partial charge < -0.3 is 15.7 Å². The van der Waals surface area contributed by atoms with Gasteiger partial charge in [0.1, 0.15) is 0 Å². The highest BCUT2D eigenvalue weighted by atomic mass is 79.9. The second-order valence-electron chi connectivity index (χ2n) is 4.57. The maximum Gasteiger partial charge on any atom is 0.315 e. The van der Waals surface area contributed by atoms with Gasteiger partial charge in [-0.05, 0) is 31.0 Å². The summed E-state index contributed by atoms with van der Waals surface area (Å²) in [4.78, 5) is 22.6. The van der Waals surface area contributed by atoms with Crippen LogP contribution in [0.1, 0.15) is 31.9 Å². The maximum absolute atomic E-state index is 11.7. The molecule has 0 aliphatic heterocycles. The second-order valence-corrected chi connectivity index (χ2v) is 5.49. The molecule has 6 heteroatoms. The maximum atomic E-state index is 11.7. The van der Waals surface area contributed by atoms with Crippen LogP contribution in [0.15, 0.2) is 28.7 Å². The molecule has 0 spiro atoms. The first-order valence-electron chi connectivity index (χ1n) is 6.46. The van der Waals surface area contributed by atoms with Gasteiger partial charge in [-0.25, -0.2) is 4.79 Å². The molecule has 0 aromatic heterocycles. The molecule has 0 heterocycles. The topological polar surface area (TPSA) is 78.4 Å². The number of nitrogens with one attached hydrogen (secondary N) is 2. The molecule has 2 atom stereocenters. The quantitative estimate of drug-likeness (QED) is 0.743. The average molecular weight is 343 g/mol. The Balaban J connectivity index is 2.45.